The van der Waals surface area contributed by atoms with Crippen LogP contribution in [0.4, 0.5) is 5.82 Å². The lowest BCUT2D eigenvalue weighted by Gasteiger charge is -2.02. The van der Waals surface area contributed by atoms with Gasteiger partial charge in [-0.1, -0.05) is 19.9 Å². The summed E-state index contributed by atoms with van der Waals surface area (Å²) in [6.45, 7) is 6.03. The summed E-state index contributed by atoms with van der Waals surface area (Å²) in [5, 5.41) is 2.98. The number of pyridine rings is 2. The Balaban J connectivity index is 0.000000686. The van der Waals surface area contributed by atoms with Crippen molar-refractivity contribution in [2.75, 3.05) is 12.4 Å². The molecule has 17 heavy (non-hydrogen) atoms. The van der Waals surface area contributed by atoms with E-state index in [9.17, 15) is 0 Å². The van der Waals surface area contributed by atoms with Gasteiger partial charge >= 0.3 is 0 Å². The van der Waals surface area contributed by atoms with Crippen molar-refractivity contribution >= 4 is 5.82 Å². The van der Waals surface area contributed by atoms with Gasteiger partial charge in [-0.15, -0.1) is 0 Å². The Hall–Kier alpha value is -1.90. The van der Waals surface area contributed by atoms with E-state index in [1.165, 1.54) is 5.56 Å². The van der Waals surface area contributed by atoms with E-state index in [-0.39, 0.29) is 0 Å². The van der Waals surface area contributed by atoms with E-state index in [0.717, 1.165) is 17.1 Å². The van der Waals surface area contributed by atoms with E-state index in [1.54, 1.807) is 0 Å². The first-order chi connectivity index (χ1) is 8.29. The number of nitrogens with one attached hydrogen (secondary N) is 1. The zero-order valence-electron chi connectivity index (χ0n) is 10.9. The quantitative estimate of drug-likeness (QED) is 0.856. The van der Waals surface area contributed by atoms with Crippen LogP contribution in [0.5, 0.6) is 0 Å². The fourth-order valence-corrected chi connectivity index (χ4v) is 1.33. The van der Waals surface area contributed by atoms with Gasteiger partial charge in [-0.05, 0) is 30.7 Å². The molecule has 2 rings (SSSR count). The van der Waals surface area contributed by atoms with Crippen LogP contribution in [0.3, 0.4) is 0 Å². The topological polar surface area (TPSA) is 37.8 Å². The molecule has 3 nitrogen and oxygen atoms in total. The second-order valence-electron chi connectivity index (χ2n) is 3.40. The van der Waals surface area contributed by atoms with Crippen molar-refractivity contribution in [1.82, 2.24) is 9.97 Å². The Bertz CT molecular complexity index is 432. The number of hydrogen-bond donors (Lipinski definition) is 1. The minimum atomic E-state index is 0.867. The van der Waals surface area contributed by atoms with E-state index in [4.69, 9.17) is 0 Å². The predicted molar refractivity (Wildman–Crippen MR) is 73.1 cm³/mol. The van der Waals surface area contributed by atoms with E-state index in [0.29, 0.717) is 0 Å². The molecule has 0 aliphatic heterocycles. The van der Waals surface area contributed by atoms with Gasteiger partial charge in [0.1, 0.15) is 5.82 Å². The summed E-state index contributed by atoms with van der Waals surface area (Å²) in [5.41, 5.74) is 3.16. The number of rotatable bonds is 2. The minimum absolute atomic E-state index is 0.867. The van der Waals surface area contributed by atoms with Crippen molar-refractivity contribution in [3.8, 4) is 11.3 Å². The molecule has 0 amide bonds. The van der Waals surface area contributed by atoms with Crippen molar-refractivity contribution in [1.29, 1.82) is 0 Å². The van der Waals surface area contributed by atoms with Gasteiger partial charge in [0.05, 0.1) is 5.69 Å². The molecule has 2 aromatic rings. The summed E-state index contributed by atoms with van der Waals surface area (Å²) in [6.07, 6.45) is 3.69. The normalized spacial score (nSPS) is 9.18. The van der Waals surface area contributed by atoms with Crippen LogP contribution < -0.4 is 5.32 Å². The summed E-state index contributed by atoms with van der Waals surface area (Å²) in [6, 6.07) is 8.01. The third-order valence-corrected chi connectivity index (χ3v) is 2.23. The molecule has 1 N–H and O–H groups in total. The molecule has 2 heterocycles. The average molecular weight is 229 g/mol. The van der Waals surface area contributed by atoms with Gasteiger partial charge in [-0.25, -0.2) is 4.98 Å². The van der Waals surface area contributed by atoms with Crippen molar-refractivity contribution in [2.45, 2.75) is 20.8 Å². The summed E-state index contributed by atoms with van der Waals surface area (Å²) in [5.74, 6) is 0.867. The maximum atomic E-state index is 4.34. The van der Waals surface area contributed by atoms with Crippen LogP contribution in [0, 0.1) is 6.92 Å². The summed E-state index contributed by atoms with van der Waals surface area (Å²) in [4.78, 5) is 8.59. The Morgan fingerprint density at radius 3 is 2.18 bits per heavy atom. The molecule has 0 aliphatic rings. The molecule has 0 aliphatic carbocycles. The molecular formula is C14H19N3. The molecule has 0 saturated carbocycles. The van der Waals surface area contributed by atoms with Crippen LogP contribution in [0.15, 0.2) is 36.7 Å². The van der Waals surface area contributed by atoms with Crippen LogP contribution in [0.1, 0.15) is 19.4 Å². The predicted octanol–water partition coefficient (Wildman–Crippen LogP) is 3.52. The molecule has 0 saturated heterocycles. The first-order valence-corrected chi connectivity index (χ1v) is 5.86. The van der Waals surface area contributed by atoms with Gasteiger partial charge in [0.25, 0.3) is 0 Å². The molecular weight excluding hydrogens is 210 g/mol. The lowest BCUT2D eigenvalue weighted by atomic mass is 10.2. The zero-order chi connectivity index (χ0) is 12.7. The number of aryl methyl sites for hydroxylation is 1. The molecule has 0 aromatic carbocycles. The first kappa shape index (κ1) is 13.2. The van der Waals surface area contributed by atoms with Crippen LogP contribution in [-0.2, 0) is 0 Å². The van der Waals surface area contributed by atoms with Crippen molar-refractivity contribution in [2.24, 2.45) is 0 Å². The highest BCUT2D eigenvalue weighted by Gasteiger charge is 1.98. The highest BCUT2D eigenvalue weighted by molar-refractivity contribution is 5.59. The molecule has 0 fully saturated rings. The second kappa shape index (κ2) is 6.63. The van der Waals surface area contributed by atoms with Crippen molar-refractivity contribution in [3.05, 3.63) is 42.2 Å². The SMILES string of the molecule is CC.CNc1ccc(-c2ccc(C)cn2)cn1. The summed E-state index contributed by atoms with van der Waals surface area (Å²) >= 11 is 0. The van der Waals surface area contributed by atoms with Gasteiger partial charge in [-0.3, -0.25) is 4.98 Å². The second-order valence-corrected chi connectivity index (χ2v) is 3.40. The van der Waals surface area contributed by atoms with Gasteiger partial charge in [0.15, 0.2) is 0 Å². The largest absolute Gasteiger partial charge is 0.373 e. The Labute approximate surface area is 103 Å². The lowest BCUT2D eigenvalue weighted by molar-refractivity contribution is 1.24. The van der Waals surface area contributed by atoms with Crippen LogP contribution >= 0.6 is 0 Å². The highest BCUT2D eigenvalue weighted by atomic mass is 14.9. The number of anilines is 1. The number of nitrogens with zero attached hydrogens (tertiary/aromatic N) is 2. The van der Waals surface area contributed by atoms with E-state index >= 15 is 0 Å². The smallest absolute Gasteiger partial charge is 0.125 e. The lowest BCUT2D eigenvalue weighted by Crippen LogP contribution is -1.92. The Morgan fingerprint density at radius 1 is 0.941 bits per heavy atom. The van der Waals surface area contributed by atoms with Crippen LogP contribution in [0.25, 0.3) is 11.3 Å². The number of hydrogen-bond acceptors (Lipinski definition) is 3. The fraction of sp³-hybridized carbons (Fsp3) is 0.286. The standard InChI is InChI=1S/C12H13N3.C2H6/c1-9-3-5-11(14-7-9)10-4-6-12(13-2)15-8-10;1-2/h3-8H,1-2H3,(H,13,15);1-2H3. The first-order valence-electron chi connectivity index (χ1n) is 5.86. The van der Waals surface area contributed by atoms with Gasteiger partial charge in [0, 0.05) is 25.0 Å². The molecule has 0 unspecified atom stereocenters. The third kappa shape index (κ3) is 3.55. The van der Waals surface area contributed by atoms with Gasteiger partial charge in [0.2, 0.25) is 0 Å². The third-order valence-electron chi connectivity index (χ3n) is 2.23. The van der Waals surface area contributed by atoms with Crippen molar-refractivity contribution in [3.63, 3.8) is 0 Å². The Kier molecular flexibility index (Phi) is 5.14. The molecule has 0 bridgehead atoms. The molecule has 2 aromatic heterocycles. The minimum Gasteiger partial charge on any atom is -0.373 e. The zero-order valence-corrected chi connectivity index (χ0v) is 10.9. The molecule has 0 radical (unpaired) electrons. The van der Waals surface area contributed by atoms with E-state index < -0.39 is 0 Å². The van der Waals surface area contributed by atoms with E-state index in [2.05, 4.69) is 15.3 Å². The Morgan fingerprint density at radius 2 is 1.71 bits per heavy atom. The maximum absolute atomic E-state index is 4.34. The summed E-state index contributed by atoms with van der Waals surface area (Å²) < 4.78 is 0. The van der Waals surface area contributed by atoms with E-state index in [1.807, 2.05) is 64.5 Å². The molecule has 90 valence electrons. The van der Waals surface area contributed by atoms with Gasteiger partial charge in [-0.2, -0.15) is 0 Å². The average Bonchev–Trinajstić information content (AvgIpc) is 2.42. The molecule has 0 spiro atoms. The highest BCUT2D eigenvalue weighted by Crippen LogP contribution is 2.16. The van der Waals surface area contributed by atoms with Crippen molar-refractivity contribution < 1.29 is 0 Å². The fourth-order valence-electron chi connectivity index (χ4n) is 1.33. The summed E-state index contributed by atoms with van der Waals surface area (Å²) in [7, 11) is 1.85. The monoisotopic (exact) mass is 229 g/mol. The molecule has 3 heteroatoms. The van der Waals surface area contributed by atoms with Crippen LogP contribution in [-0.4, -0.2) is 17.0 Å². The van der Waals surface area contributed by atoms with Crippen LogP contribution in [0.2, 0.25) is 0 Å². The maximum Gasteiger partial charge on any atom is 0.125 e. The number of aromatic nitrogens is 2. The molecule has 0 atom stereocenters. The van der Waals surface area contributed by atoms with Gasteiger partial charge < -0.3 is 5.32 Å².